The first-order valence-corrected chi connectivity index (χ1v) is 5.15. The third-order valence-corrected chi connectivity index (χ3v) is 2.54. The van der Waals surface area contributed by atoms with Gasteiger partial charge in [0.25, 0.3) is 0 Å². The number of hydrogen-bond acceptors (Lipinski definition) is 1. The van der Waals surface area contributed by atoms with E-state index in [-0.39, 0.29) is 12.4 Å². The largest absolute Gasteiger partial charge is 0.326 e. The maximum atomic E-state index is 5.56. The quantitative estimate of drug-likeness (QED) is 0.844. The Morgan fingerprint density at radius 2 is 1.62 bits per heavy atom. The van der Waals surface area contributed by atoms with Crippen LogP contribution in [0.3, 0.4) is 0 Å². The summed E-state index contributed by atoms with van der Waals surface area (Å²) in [6.45, 7) is 2.71. The highest BCUT2D eigenvalue weighted by atomic mass is 35.5. The second-order valence-corrected chi connectivity index (χ2v) is 3.77. The van der Waals surface area contributed by atoms with E-state index in [1.807, 2.05) is 0 Å². The monoisotopic (exact) mass is 233 g/mol. The van der Waals surface area contributed by atoms with Crippen molar-refractivity contribution in [2.24, 2.45) is 5.73 Å². The molecule has 0 saturated carbocycles. The van der Waals surface area contributed by atoms with E-state index in [9.17, 15) is 0 Å². The summed E-state index contributed by atoms with van der Waals surface area (Å²) in [5.41, 5.74) is 10.5. The fourth-order valence-corrected chi connectivity index (χ4v) is 1.66. The zero-order valence-electron chi connectivity index (χ0n) is 9.31. The van der Waals surface area contributed by atoms with Gasteiger partial charge in [-0.25, -0.2) is 0 Å². The molecule has 2 aromatic rings. The third-order valence-electron chi connectivity index (χ3n) is 2.54. The van der Waals surface area contributed by atoms with Crippen molar-refractivity contribution in [3.05, 3.63) is 59.7 Å². The van der Waals surface area contributed by atoms with E-state index in [1.54, 1.807) is 0 Å². The topological polar surface area (TPSA) is 26.0 Å². The molecule has 0 saturated heterocycles. The predicted octanol–water partition coefficient (Wildman–Crippen LogP) is 3.54. The van der Waals surface area contributed by atoms with Crippen LogP contribution in [0.1, 0.15) is 11.1 Å². The molecule has 0 fully saturated rings. The zero-order chi connectivity index (χ0) is 10.7. The first-order chi connectivity index (χ1) is 7.29. The molecule has 0 spiro atoms. The van der Waals surface area contributed by atoms with Crippen LogP contribution in [0.25, 0.3) is 11.1 Å². The van der Waals surface area contributed by atoms with Crippen LogP contribution in [0.5, 0.6) is 0 Å². The van der Waals surface area contributed by atoms with Crippen LogP contribution < -0.4 is 5.73 Å². The summed E-state index contributed by atoms with van der Waals surface area (Å²) in [7, 11) is 0. The van der Waals surface area contributed by atoms with Gasteiger partial charge in [0.15, 0.2) is 0 Å². The van der Waals surface area contributed by atoms with Crippen LogP contribution in [-0.4, -0.2) is 0 Å². The lowest BCUT2D eigenvalue weighted by Gasteiger charge is -2.03. The summed E-state index contributed by atoms with van der Waals surface area (Å²) in [5, 5.41) is 0. The Bertz CT molecular complexity index is 449. The molecular formula is C14H16ClN. The van der Waals surface area contributed by atoms with E-state index in [0.29, 0.717) is 6.54 Å². The molecule has 2 heteroatoms. The number of halogens is 1. The molecule has 2 rings (SSSR count). The second kappa shape index (κ2) is 5.69. The number of hydrogen-bond donors (Lipinski definition) is 1. The van der Waals surface area contributed by atoms with Gasteiger partial charge >= 0.3 is 0 Å². The van der Waals surface area contributed by atoms with E-state index < -0.39 is 0 Å². The van der Waals surface area contributed by atoms with Gasteiger partial charge in [-0.15, -0.1) is 12.4 Å². The Kier molecular flexibility index (Phi) is 4.53. The van der Waals surface area contributed by atoms with Crippen molar-refractivity contribution in [1.29, 1.82) is 0 Å². The highest BCUT2D eigenvalue weighted by molar-refractivity contribution is 5.85. The summed E-state index contributed by atoms with van der Waals surface area (Å²) < 4.78 is 0. The van der Waals surface area contributed by atoms with Crippen molar-refractivity contribution < 1.29 is 0 Å². The SMILES string of the molecule is Cc1cccc(-c2ccc(CN)cc2)c1.Cl. The van der Waals surface area contributed by atoms with Crippen LogP contribution in [0, 0.1) is 6.92 Å². The summed E-state index contributed by atoms with van der Waals surface area (Å²) in [6.07, 6.45) is 0. The van der Waals surface area contributed by atoms with E-state index >= 15 is 0 Å². The molecule has 0 heterocycles. The van der Waals surface area contributed by atoms with E-state index in [1.165, 1.54) is 22.3 Å². The molecule has 2 N–H and O–H groups in total. The third kappa shape index (κ3) is 2.84. The minimum Gasteiger partial charge on any atom is -0.326 e. The molecule has 0 aliphatic carbocycles. The Hall–Kier alpha value is -1.31. The van der Waals surface area contributed by atoms with Crippen molar-refractivity contribution in [3.63, 3.8) is 0 Å². The molecule has 2 aromatic carbocycles. The first-order valence-electron chi connectivity index (χ1n) is 5.15. The van der Waals surface area contributed by atoms with Crippen molar-refractivity contribution in [1.82, 2.24) is 0 Å². The zero-order valence-corrected chi connectivity index (χ0v) is 10.1. The van der Waals surface area contributed by atoms with Crippen molar-refractivity contribution in [2.75, 3.05) is 0 Å². The highest BCUT2D eigenvalue weighted by Crippen LogP contribution is 2.20. The second-order valence-electron chi connectivity index (χ2n) is 3.77. The average Bonchev–Trinajstić information content (AvgIpc) is 2.29. The summed E-state index contributed by atoms with van der Waals surface area (Å²) in [5.74, 6) is 0. The van der Waals surface area contributed by atoms with Gasteiger partial charge in [0.1, 0.15) is 0 Å². The Balaban J connectivity index is 0.00000128. The van der Waals surface area contributed by atoms with E-state index in [4.69, 9.17) is 5.73 Å². The maximum absolute atomic E-state index is 5.56. The highest BCUT2D eigenvalue weighted by Gasteiger charge is 1.97. The minimum atomic E-state index is 0. The molecule has 0 unspecified atom stereocenters. The molecule has 0 amide bonds. The normalized spacial score (nSPS) is 9.62. The van der Waals surface area contributed by atoms with Crippen molar-refractivity contribution >= 4 is 12.4 Å². The maximum Gasteiger partial charge on any atom is 0.0178 e. The molecular weight excluding hydrogens is 218 g/mol. The van der Waals surface area contributed by atoms with Crippen LogP contribution in [0.4, 0.5) is 0 Å². The van der Waals surface area contributed by atoms with Crippen LogP contribution in [0.15, 0.2) is 48.5 Å². The summed E-state index contributed by atoms with van der Waals surface area (Å²) >= 11 is 0. The van der Waals surface area contributed by atoms with Gasteiger partial charge in [0.05, 0.1) is 0 Å². The first kappa shape index (κ1) is 12.8. The van der Waals surface area contributed by atoms with Gasteiger partial charge in [-0.3, -0.25) is 0 Å². The fraction of sp³-hybridized carbons (Fsp3) is 0.143. The van der Waals surface area contributed by atoms with Gasteiger partial charge < -0.3 is 5.73 Å². The molecule has 0 bridgehead atoms. The van der Waals surface area contributed by atoms with Gasteiger partial charge in [-0.2, -0.15) is 0 Å². The smallest absolute Gasteiger partial charge is 0.0178 e. The van der Waals surface area contributed by atoms with Crippen LogP contribution in [0.2, 0.25) is 0 Å². The van der Waals surface area contributed by atoms with E-state index in [2.05, 4.69) is 55.5 Å². The Labute approximate surface area is 103 Å². The van der Waals surface area contributed by atoms with Crippen molar-refractivity contribution in [2.45, 2.75) is 13.5 Å². The van der Waals surface area contributed by atoms with Gasteiger partial charge in [0, 0.05) is 6.54 Å². The molecule has 0 radical (unpaired) electrons. The number of benzene rings is 2. The molecule has 84 valence electrons. The van der Waals surface area contributed by atoms with Crippen LogP contribution in [-0.2, 0) is 6.54 Å². The van der Waals surface area contributed by atoms with Crippen LogP contribution >= 0.6 is 12.4 Å². The molecule has 0 aromatic heterocycles. The minimum absolute atomic E-state index is 0. The Morgan fingerprint density at radius 1 is 0.938 bits per heavy atom. The summed E-state index contributed by atoms with van der Waals surface area (Å²) in [4.78, 5) is 0. The fourth-order valence-electron chi connectivity index (χ4n) is 1.66. The predicted molar refractivity (Wildman–Crippen MR) is 71.8 cm³/mol. The molecule has 0 aliphatic heterocycles. The lowest BCUT2D eigenvalue weighted by atomic mass is 10.0. The lowest BCUT2D eigenvalue weighted by molar-refractivity contribution is 1.07. The number of aryl methyl sites for hydroxylation is 1. The standard InChI is InChI=1S/C14H15N.ClH/c1-11-3-2-4-14(9-11)13-7-5-12(10-15)6-8-13;/h2-9H,10,15H2,1H3;1H. The van der Waals surface area contributed by atoms with Gasteiger partial charge in [0.2, 0.25) is 0 Å². The molecule has 0 aliphatic rings. The van der Waals surface area contributed by atoms with E-state index in [0.717, 1.165) is 0 Å². The number of rotatable bonds is 2. The van der Waals surface area contributed by atoms with Crippen molar-refractivity contribution in [3.8, 4) is 11.1 Å². The van der Waals surface area contributed by atoms with Gasteiger partial charge in [-0.05, 0) is 23.6 Å². The Morgan fingerprint density at radius 3 is 2.19 bits per heavy atom. The van der Waals surface area contributed by atoms with Gasteiger partial charge in [-0.1, -0.05) is 54.1 Å². The molecule has 0 atom stereocenters. The average molecular weight is 234 g/mol. The molecule has 16 heavy (non-hydrogen) atoms. The lowest BCUT2D eigenvalue weighted by Crippen LogP contribution is -1.95. The number of nitrogens with two attached hydrogens (primary N) is 1. The molecule has 1 nitrogen and oxygen atoms in total. The summed E-state index contributed by atoms with van der Waals surface area (Å²) in [6, 6.07) is 16.9.